The molecule has 0 saturated carbocycles. The number of ether oxygens (including phenoxy) is 1. The second-order valence-electron chi connectivity index (χ2n) is 5.84. The first-order chi connectivity index (χ1) is 12.0. The third kappa shape index (κ3) is 2.49. The van der Waals surface area contributed by atoms with Crippen LogP contribution in [0.2, 0.25) is 10.0 Å². The molecule has 1 atom stereocenters. The van der Waals surface area contributed by atoms with Crippen LogP contribution < -0.4 is 0 Å². The van der Waals surface area contributed by atoms with Crippen LogP contribution in [0.3, 0.4) is 0 Å². The summed E-state index contributed by atoms with van der Waals surface area (Å²) in [5, 5.41) is 0.774. The van der Waals surface area contributed by atoms with Crippen LogP contribution >= 0.6 is 23.2 Å². The first kappa shape index (κ1) is 16.1. The van der Waals surface area contributed by atoms with E-state index in [0.29, 0.717) is 21.2 Å². The third-order valence-electron chi connectivity index (χ3n) is 4.38. The summed E-state index contributed by atoms with van der Waals surface area (Å²) in [5.41, 5.74) is 1.28. The molecule has 0 bridgehead atoms. The molecule has 0 saturated heterocycles. The zero-order valence-corrected chi connectivity index (χ0v) is 14.2. The first-order valence-electron chi connectivity index (χ1n) is 7.55. The molecule has 1 aliphatic heterocycles. The Labute approximate surface area is 153 Å². The van der Waals surface area contributed by atoms with Gasteiger partial charge in [-0.1, -0.05) is 53.5 Å². The van der Waals surface area contributed by atoms with Crippen LogP contribution in [-0.2, 0) is 9.53 Å². The quantitative estimate of drug-likeness (QED) is 0.697. The van der Waals surface area contributed by atoms with Gasteiger partial charge < -0.3 is 4.74 Å². The number of esters is 1. The minimum Gasteiger partial charge on any atom is -0.422 e. The number of carbonyl (C=O) groups excluding carboxylic acids is 3. The summed E-state index contributed by atoms with van der Waals surface area (Å²) in [6.45, 7) is 0. The molecule has 2 aromatic rings. The summed E-state index contributed by atoms with van der Waals surface area (Å²) in [7, 11) is 0. The molecular weight excluding hydrogens is 363 g/mol. The summed E-state index contributed by atoms with van der Waals surface area (Å²) in [4.78, 5) is 37.8. The van der Waals surface area contributed by atoms with Crippen molar-refractivity contribution in [2.24, 2.45) is 0 Å². The van der Waals surface area contributed by atoms with Gasteiger partial charge in [0.05, 0.1) is 12.0 Å². The minimum atomic E-state index is -0.647. The van der Waals surface area contributed by atoms with E-state index in [0.717, 1.165) is 0 Å². The maximum atomic E-state index is 13.0. The molecule has 0 aromatic heterocycles. The van der Waals surface area contributed by atoms with E-state index in [-0.39, 0.29) is 29.1 Å². The maximum Gasteiger partial charge on any atom is 0.312 e. The Balaban J connectivity index is 1.93. The van der Waals surface area contributed by atoms with Crippen LogP contribution in [0.5, 0.6) is 0 Å². The number of halogens is 2. The molecular formula is C19H10Cl2O4. The van der Waals surface area contributed by atoms with E-state index in [1.807, 2.05) is 0 Å². The number of rotatable bonds is 1. The van der Waals surface area contributed by atoms with Crippen LogP contribution in [0.25, 0.3) is 0 Å². The van der Waals surface area contributed by atoms with Gasteiger partial charge in [-0.15, -0.1) is 0 Å². The fraction of sp³-hybridized carbons (Fsp3) is 0.105. The van der Waals surface area contributed by atoms with Crippen molar-refractivity contribution < 1.29 is 19.1 Å². The van der Waals surface area contributed by atoms with Gasteiger partial charge in [-0.3, -0.25) is 14.4 Å². The Morgan fingerprint density at radius 1 is 0.920 bits per heavy atom. The van der Waals surface area contributed by atoms with Crippen molar-refractivity contribution >= 4 is 40.7 Å². The molecule has 0 fully saturated rings. The van der Waals surface area contributed by atoms with Crippen molar-refractivity contribution in [3.05, 3.63) is 80.5 Å². The predicted molar refractivity (Wildman–Crippen MR) is 92.0 cm³/mol. The summed E-state index contributed by atoms with van der Waals surface area (Å²) in [6.07, 6.45) is -0.0681. The van der Waals surface area contributed by atoms with Crippen LogP contribution in [0.1, 0.15) is 38.6 Å². The van der Waals surface area contributed by atoms with E-state index in [1.54, 1.807) is 42.5 Å². The van der Waals surface area contributed by atoms with E-state index < -0.39 is 17.7 Å². The number of Topliss-reactive ketones (excluding diaryl/α,β-unsaturated/α-hetero) is 2. The monoisotopic (exact) mass is 372 g/mol. The normalized spacial score (nSPS) is 19.4. The molecule has 4 nitrogen and oxygen atoms in total. The van der Waals surface area contributed by atoms with Gasteiger partial charge in [-0.05, 0) is 17.7 Å². The third-order valence-corrected chi connectivity index (χ3v) is 4.95. The van der Waals surface area contributed by atoms with Crippen LogP contribution in [0, 0.1) is 0 Å². The molecule has 0 radical (unpaired) electrons. The summed E-state index contributed by atoms with van der Waals surface area (Å²) < 4.78 is 5.15. The van der Waals surface area contributed by atoms with E-state index in [1.165, 1.54) is 0 Å². The molecule has 6 heteroatoms. The molecule has 4 rings (SSSR count). The fourth-order valence-electron chi connectivity index (χ4n) is 3.26. The number of hydrogen-bond acceptors (Lipinski definition) is 4. The topological polar surface area (TPSA) is 60.4 Å². The number of ketones is 2. The zero-order chi connectivity index (χ0) is 17.7. The minimum absolute atomic E-state index is 0.0681. The van der Waals surface area contributed by atoms with Crippen molar-refractivity contribution in [2.75, 3.05) is 0 Å². The van der Waals surface area contributed by atoms with Crippen molar-refractivity contribution in [3.8, 4) is 0 Å². The molecule has 25 heavy (non-hydrogen) atoms. The zero-order valence-electron chi connectivity index (χ0n) is 12.7. The van der Waals surface area contributed by atoms with Gasteiger partial charge in [0.1, 0.15) is 0 Å². The van der Waals surface area contributed by atoms with Crippen molar-refractivity contribution in [1.82, 2.24) is 0 Å². The van der Waals surface area contributed by atoms with Gasteiger partial charge >= 0.3 is 5.97 Å². The van der Waals surface area contributed by atoms with Gasteiger partial charge in [0, 0.05) is 27.1 Å². The van der Waals surface area contributed by atoms with Crippen LogP contribution in [0.15, 0.2) is 53.8 Å². The number of benzene rings is 2. The highest BCUT2D eigenvalue weighted by molar-refractivity contribution is 6.35. The second-order valence-corrected chi connectivity index (χ2v) is 6.69. The Morgan fingerprint density at radius 3 is 2.28 bits per heavy atom. The number of hydrogen-bond donors (Lipinski definition) is 0. The lowest BCUT2D eigenvalue weighted by Gasteiger charge is -2.30. The van der Waals surface area contributed by atoms with Crippen molar-refractivity contribution in [3.63, 3.8) is 0 Å². The largest absolute Gasteiger partial charge is 0.422 e. The van der Waals surface area contributed by atoms with Crippen LogP contribution in [-0.4, -0.2) is 17.5 Å². The van der Waals surface area contributed by atoms with Gasteiger partial charge in [0.25, 0.3) is 0 Å². The average molecular weight is 373 g/mol. The SMILES string of the molecule is O=C1CC(c2ccc(Cl)cc2Cl)C2=C(O1)C(=O)c1ccccc1C2=O. The van der Waals surface area contributed by atoms with Crippen molar-refractivity contribution in [2.45, 2.75) is 12.3 Å². The van der Waals surface area contributed by atoms with Gasteiger partial charge in [-0.2, -0.15) is 0 Å². The maximum absolute atomic E-state index is 13.0. The highest BCUT2D eigenvalue weighted by atomic mass is 35.5. The molecule has 0 spiro atoms. The molecule has 2 aromatic carbocycles. The van der Waals surface area contributed by atoms with E-state index in [4.69, 9.17) is 27.9 Å². The standard InChI is InChI=1S/C19H10Cl2O4/c20-9-5-6-10(14(21)7-9)13-8-15(22)25-19-16(13)17(23)11-3-1-2-4-12(11)18(19)24/h1-7,13H,8H2. The molecule has 1 heterocycles. The summed E-state index contributed by atoms with van der Waals surface area (Å²) in [6, 6.07) is 11.3. The number of carbonyl (C=O) groups is 3. The average Bonchev–Trinajstić information content (AvgIpc) is 2.59. The van der Waals surface area contributed by atoms with E-state index in [9.17, 15) is 14.4 Å². The highest BCUT2D eigenvalue weighted by Gasteiger charge is 2.43. The van der Waals surface area contributed by atoms with Gasteiger partial charge in [0.2, 0.25) is 5.78 Å². The first-order valence-corrected chi connectivity index (χ1v) is 8.31. The van der Waals surface area contributed by atoms with E-state index >= 15 is 0 Å². The lowest BCUT2D eigenvalue weighted by molar-refractivity contribution is -0.140. The second kappa shape index (κ2) is 5.83. The molecule has 1 unspecified atom stereocenters. The van der Waals surface area contributed by atoms with Gasteiger partial charge in [-0.25, -0.2) is 0 Å². The van der Waals surface area contributed by atoms with E-state index in [2.05, 4.69) is 0 Å². The van der Waals surface area contributed by atoms with Crippen molar-refractivity contribution in [1.29, 1.82) is 0 Å². The Morgan fingerprint density at radius 2 is 1.60 bits per heavy atom. The predicted octanol–water partition coefficient (Wildman–Crippen LogP) is 4.36. The number of allylic oxidation sites excluding steroid dienone is 2. The van der Waals surface area contributed by atoms with Gasteiger partial charge in [0.15, 0.2) is 11.5 Å². The van der Waals surface area contributed by atoms with Crippen LogP contribution in [0.4, 0.5) is 0 Å². The summed E-state index contributed by atoms with van der Waals surface area (Å²) in [5.74, 6) is -2.21. The number of fused-ring (bicyclic) bond motifs is 1. The lowest BCUT2D eigenvalue weighted by atomic mass is 9.77. The fourth-order valence-corrected chi connectivity index (χ4v) is 3.80. The molecule has 0 amide bonds. The lowest BCUT2D eigenvalue weighted by Crippen LogP contribution is -2.33. The Bertz CT molecular complexity index is 991. The Hall–Kier alpha value is -2.43. The smallest absolute Gasteiger partial charge is 0.312 e. The molecule has 124 valence electrons. The molecule has 0 N–H and O–H groups in total. The Kier molecular flexibility index (Phi) is 3.74. The highest BCUT2D eigenvalue weighted by Crippen LogP contribution is 2.43. The molecule has 2 aliphatic rings. The molecule has 1 aliphatic carbocycles. The summed E-state index contributed by atoms with van der Waals surface area (Å²) >= 11 is 12.2.